The smallest absolute Gasteiger partial charge is 0.351 e. The largest absolute Gasteiger partial charge is 0.471 e. The lowest BCUT2D eigenvalue weighted by Crippen LogP contribution is -2.60. The van der Waals surface area contributed by atoms with Crippen LogP contribution < -0.4 is 21.3 Å². The number of piperidine rings is 1. The molecule has 12 heteroatoms. The molecule has 0 saturated carbocycles. The highest BCUT2D eigenvalue weighted by Crippen LogP contribution is 2.27. The third-order valence-corrected chi connectivity index (χ3v) is 6.26. The van der Waals surface area contributed by atoms with Crippen molar-refractivity contribution < 1.29 is 32.3 Å². The van der Waals surface area contributed by atoms with Gasteiger partial charge in [0.25, 0.3) is 0 Å². The van der Waals surface area contributed by atoms with E-state index >= 15 is 0 Å². The monoisotopic (exact) mass is 547 g/mol. The summed E-state index contributed by atoms with van der Waals surface area (Å²) in [5, 5.41) is 10.1. The maximum Gasteiger partial charge on any atom is 0.471 e. The number of rotatable bonds is 9. The molecule has 1 saturated heterocycles. The zero-order valence-electron chi connectivity index (χ0n) is 23.9. The molecule has 0 bridgehead atoms. The van der Waals surface area contributed by atoms with Crippen LogP contribution in [0.5, 0.6) is 0 Å². The molecule has 4 atom stereocenters. The van der Waals surface area contributed by atoms with Gasteiger partial charge in [-0.3, -0.25) is 24.2 Å². The van der Waals surface area contributed by atoms with Gasteiger partial charge < -0.3 is 21.3 Å². The molecule has 4 N–H and O–H groups in total. The van der Waals surface area contributed by atoms with Crippen molar-refractivity contribution >= 4 is 29.8 Å². The molecule has 218 valence electrons. The van der Waals surface area contributed by atoms with E-state index in [9.17, 15) is 32.3 Å². The zero-order chi connectivity index (χ0) is 29.7. The topological polar surface area (TPSA) is 129 Å². The van der Waals surface area contributed by atoms with Crippen LogP contribution in [-0.4, -0.2) is 66.7 Å². The van der Waals surface area contributed by atoms with Crippen molar-refractivity contribution in [2.45, 2.75) is 111 Å². The lowest BCUT2D eigenvalue weighted by molar-refractivity contribution is -0.175. The molecule has 0 aromatic carbocycles. The van der Waals surface area contributed by atoms with Gasteiger partial charge in [0.1, 0.15) is 12.1 Å². The van der Waals surface area contributed by atoms with Crippen LogP contribution in [0.2, 0.25) is 0 Å². The average molecular weight is 548 g/mol. The fraction of sp³-hybridized carbons (Fsp3) is 0.808. The van der Waals surface area contributed by atoms with Gasteiger partial charge in [-0.2, -0.15) is 13.2 Å². The number of hydrogen-bond donors (Lipinski definition) is 4. The van der Waals surface area contributed by atoms with E-state index in [0.29, 0.717) is 12.8 Å². The number of hydrogen-bond acceptors (Lipinski definition) is 5. The van der Waals surface area contributed by atoms with Crippen molar-refractivity contribution in [3.05, 3.63) is 0 Å². The molecule has 0 aliphatic carbocycles. The predicted octanol–water partition coefficient (Wildman–Crippen LogP) is 2.88. The first-order chi connectivity index (χ1) is 17.1. The molecule has 1 fully saturated rings. The van der Waals surface area contributed by atoms with Crippen LogP contribution in [0.1, 0.15) is 81.1 Å². The Hall–Kier alpha value is -2.66. The van der Waals surface area contributed by atoms with Gasteiger partial charge in [-0.1, -0.05) is 41.5 Å². The minimum atomic E-state index is -5.17. The van der Waals surface area contributed by atoms with Crippen molar-refractivity contribution in [3.8, 4) is 0 Å². The highest BCUT2D eigenvalue weighted by Gasteiger charge is 2.44. The Kier molecular flexibility index (Phi) is 10.9. The number of carbonyl (C=O) groups is 4. The van der Waals surface area contributed by atoms with Gasteiger partial charge in [0.15, 0.2) is 0 Å². The van der Waals surface area contributed by atoms with Crippen molar-refractivity contribution in [2.75, 3.05) is 7.05 Å². The second kappa shape index (κ2) is 12.5. The van der Waals surface area contributed by atoms with Crippen LogP contribution in [-0.2, 0) is 19.2 Å². The SMILES string of the molecule is CN=CC(CC1CCC(C)(C)NC1=O)NC(=O)C(CC(C)(C)C)NC(=O)C(NC(=O)C(F)(F)F)C(C)(C)C. The quantitative estimate of drug-likeness (QED) is 0.331. The Labute approximate surface area is 223 Å². The van der Waals surface area contributed by atoms with E-state index in [1.54, 1.807) is 5.32 Å². The first kappa shape index (κ1) is 33.4. The Morgan fingerprint density at radius 3 is 2.08 bits per heavy atom. The normalized spacial score (nSPS) is 20.7. The first-order valence-corrected chi connectivity index (χ1v) is 12.8. The highest BCUT2D eigenvalue weighted by atomic mass is 19.4. The van der Waals surface area contributed by atoms with Crippen molar-refractivity contribution in [1.82, 2.24) is 21.3 Å². The third-order valence-electron chi connectivity index (χ3n) is 6.26. The van der Waals surface area contributed by atoms with Crippen molar-refractivity contribution in [1.29, 1.82) is 0 Å². The number of nitrogens with zero attached hydrogens (tertiary/aromatic N) is 1. The summed E-state index contributed by atoms with van der Waals surface area (Å²) in [6.07, 6.45) is -1.77. The van der Waals surface area contributed by atoms with Gasteiger partial charge >= 0.3 is 12.1 Å². The van der Waals surface area contributed by atoms with E-state index in [1.807, 2.05) is 34.6 Å². The summed E-state index contributed by atoms with van der Waals surface area (Å²) in [6.45, 7) is 14.0. The van der Waals surface area contributed by atoms with Crippen LogP contribution in [0.3, 0.4) is 0 Å². The van der Waals surface area contributed by atoms with E-state index in [1.165, 1.54) is 34.0 Å². The number of halogens is 3. The molecule has 1 aliphatic heterocycles. The van der Waals surface area contributed by atoms with E-state index in [2.05, 4.69) is 20.9 Å². The number of aliphatic imine (C=N–C) groups is 1. The van der Waals surface area contributed by atoms with Gasteiger partial charge in [-0.15, -0.1) is 0 Å². The molecule has 1 aliphatic rings. The van der Waals surface area contributed by atoms with Crippen LogP contribution in [0, 0.1) is 16.7 Å². The molecule has 9 nitrogen and oxygen atoms in total. The maximum absolute atomic E-state index is 13.4. The number of alkyl halides is 3. The standard InChI is InChI=1S/C26H44F3N5O4/c1-23(2,3)13-17(32-21(37)18(24(4,5)6)33-22(38)26(27,28)29)20(36)31-16(14-30-9)12-15-10-11-25(7,8)34-19(15)35/h14-18H,10-13H2,1-9H3,(H,31,36)(H,32,37)(H,33,38)(H,34,35). The molecule has 1 heterocycles. The molecule has 1 rings (SSSR count). The third kappa shape index (κ3) is 11.0. The molecule has 0 aromatic rings. The van der Waals surface area contributed by atoms with Crippen molar-refractivity contribution in [3.63, 3.8) is 0 Å². The zero-order valence-corrected chi connectivity index (χ0v) is 23.9. The van der Waals surface area contributed by atoms with E-state index in [0.717, 1.165) is 6.42 Å². The highest BCUT2D eigenvalue weighted by molar-refractivity contribution is 5.94. The Bertz CT molecular complexity index is 904. The van der Waals surface area contributed by atoms with Crippen LogP contribution in [0.25, 0.3) is 0 Å². The maximum atomic E-state index is 13.4. The van der Waals surface area contributed by atoms with Crippen molar-refractivity contribution in [2.24, 2.45) is 21.7 Å². The van der Waals surface area contributed by atoms with Crippen LogP contribution >= 0.6 is 0 Å². The fourth-order valence-corrected chi connectivity index (χ4v) is 4.28. The Morgan fingerprint density at radius 2 is 1.63 bits per heavy atom. The molecule has 0 spiro atoms. The molecular weight excluding hydrogens is 503 g/mol. The van der Waals surface area contributed by atoms with Gasteiger partial charge in [0.05, 0.1) is 6.04 Å². The van der Waals surface area contributed by atoms with Crippen LogP contribution in [0.15, 0.2) is 4.99 Å². The summed E-state index contributed by atoms with van der Waals surface area (Å²) in [5.41, 5.74) is -1.82. The number of nitrogens with one attached hydrogen (secondary N) is 4. The summed E-state index contributed by atoms with van der Waals surface area (Å²) in [5.74, 6) is -4.17. The van der Waals surface area contributed by atoms with Crippen LogP contribution in [0.4, 0.5) is 13.2 Å². The summed E-state index contributed by atoms with van der Waals surface area (Å²) >= 11 is 0. The minimum Gasteiger partial charge on any atom is -0.351 e. The summed E-state index contributed by atoms with van der Waals surface area (Å²) < 4.78 is 38.7. The molecule has 38 heavy (non-hydrogen) atoms. The van der Waals surface area contributed by atoms with Gasteiger partial charge in [-0.05, 0) is 50.4 Å². The van der Waals surface area contributed by atoms with E-state index in [-0.39, 0.29) is 23.8 Å². The predicted molar refractivity (Wildman–Crippen MR) is 139 cm³/mol. The average Bonchev–Trinajstić information content (AvgIpc) is 2.70. The fourth-order valence-electron chi connectivity index (χ4n) is 4.28. The van der Waals surface area contributed by atoms with Gasteiger partial charge in [0.2, 0.25) is 17.7 Å². The van der Waals surface area contributed by atoms with E-state index in [4.69, 9.17) is 0 Å². The molecular formula is C26H44F3N5O4. The lowest BCUT2D eigenvalue weighted by atomic mass is 9.83. The minimum absolute atomic E-state index is 0.113. The number of carbonyl (C=O) groups excluding carboxylic acids is 4. The Morgan fingerprint density at radius 1 is 1.05 bits per heavy atom. The lowest BCUT2D eigenvalue weighted by Gasteiger charge is -2.36. The first-order valence-electron chi connectivity index (χ1n) is 12.8. The number of amides is 4. The van der Waals surface area contributed by atoms with Gasteiger partial charge in [-0.25, -0.2) is 0 Å². The molecule has 0 aromatic heterocycles. The Balaban J connectivity index is 3.11. The summed E-state index contributed by atoms with van der Waals surface area (Å²) in [4.78, 5) is 54.7. The summed E-state index contributed by atoms with van der Waals surface area (Å²) in [6, 6.07) is -3.26. The molecule has 4 unspecified atom stereocenters. The second-order valence-corrected chi connectivity index (χ2v) is 13.0. The second-order valence-electron chi connectivity index (χ2n) is 13.0. The van der Waals surface area contributed by atoms with E-state index < -0.39 is 52.9 Å². The molecule has 0 radical (unpaired) electrons. The molecule has 4 amide bonds. The summed E-state index contributed by atoms with van der Waals surface area (Å²) in [7, 11) is 1.54. The van der Waals surface area contributed by atoms with Gasteiger partial charge in [0, 0.05) is 24.7 Å².